The number of hydrogen-bond acceptors (Lipinski definition) is 3. The minimum atomic E-state index is -0.321. The van der Waals surface area contributed by atoms with E-state index in [-0.39, 0.29) is 18.4 Å². The smallest absolute Gasteiger partial charge is 0.323 e. The van der Waals surface area contributed by atoms with E-state index in [0.29, 0.717) is 17.3 Å². The van der Waals surface area contributed by atoms with Crippen LogP contribution in [0.2, 0.25) is 0 Å². The number of benzene rings is 2. The summed E-state index contributed by atoms with van der Waals surface area (Å²) >= 11 is 6.77. The summed E-state index contributed by atoms with van der Waals surface area (Å²) in [6, 6.07) is 12.6. The van der Waals surface area contributed by atoms with Crippen LogP contribution in [0.1, 0.15) is 0 Å². The van der Waals surface area contributed by atoms with E-state index in [9.17, 15) is 4.79 Å². The average Bonchev–Trinajstić information content (AvgIpc) is 2.93. The zero-order chi connectivity index (χ0) is 17.1. The topological polar surface area (TPSA) is 95.8 Å². The Kier molecular flexibility index (Phi) is 6.46. The number of imidazole rings is 1. The van der Waals surface area contributed by atoms with Crippen molar-refractivity contribution in [3.8, 4) is 11.3 Å². The molecule has 2 amide bonds. The molecule has 3 aromatic rings. The van der Waals surface area contributed by atoms with Crippen LogP contribution < -0.4 is 16.4 Å². The summed E-state index contributed by atoms with van der Waals surface area (Å²) in [6.07, 6.45) is 1.66. The number of nitrogens with one attached hydrogen (secondary N) is 3. The zero-order valence-electron chi connectivity index (χ0n) is 12.7. The van der Waals surface area contributed by atoms with E-state index >= 15 is 0 Å². The molecule has 0 unspecified atom stereocenters. The molecule has 0 aliphatic heterocycles. The summed E-state index contributed by atoms with van der Waals surface area (Å²) in [5.74, 6) is 0.367. The first kappa shape index (κ1) is 19.3. The van der Waals surface area contributed by atoms with Crippen molar-refractivity contribution in [2.45, 2.75) is 0 Å². The van der Waals surface area contributed by atoms with Gasteiger partial charge in [0.1, 0.15) is 0 Å². The highest BCUT2D eigenvalue weighted by Gasteiger charge is 2.06. The maximum atomic E-state index is 12.1. The standard InChI is InChI=1S/C16H13Br2N5O.ClH/c17-10-5-11(18)7-13(6-10)22-16(24)21-12-3-1-9(2-4-12)14-8-20-15(19)23-14;/h1-8H,(H3,19,20,23)(H2,21,22,24);1H. The lowest BCUT2D eigenvalue weighted by atomic mass is 10.1. The summed E-state index contributed by atoms with van der Waals surface area (Å²) in [7, 11) is 0. The number of nitrogens with zero attached hydrogens (tertiary/aromatic N) is 1. The minimum Gasteiger partial charge on any atom is -0.369 e. The van der Waals surface area contributed by atoms with E-state index in [1.807, 2.05) is 42.5 Å². The SMILES string of the molecule is Cl.Nc1ncc(-c2ccc(NC(=O)Nc3cc(Br)cc(Br)c3)cc2)[nH]1. The summed E-state index contributed by atoms with van der Waals surface area (Å²) < 4.78 is 1.74. The Morgan fingerprint density at radius 1 is 1.00 bits per heavy atom. The fourth-order valence-corrected chi connectivity index (χ4v) is 3.43. The van der Waals surface area contributed by atoms with Crippen molar-refractivity contribution >= 4 is 67.6 Å². The van der Waals surface area contributed by atoms with Gasteiger partial charge < -0.3 is 21.4 Å². The molecule has 0 radical (unpaired) electrons. The minimum absolute atomic E-state index is 0. The third kappa shape index (κ3) is 5.22. The van der Waals surface area contributed by atoms with Crippen molar-refractivity contribution in [1.82, 2.24) is 9.97 Å². The normalized spacial score (nSPS) is 10.0. The van der Waals surface area contributed by atoms with Crippen LogP contribution in [0.4, 0.5) is 22.1 Å². The van der Waals surface area contributed by atoms with E-state index in [1.165, 1.54) is 0 Å². The van der Waals surface area contributed by atoms with Crippen LogP contribution in [-0.2, 0) is 0 Å². The van der Waals surface area contributed by atoms with Crippen LogP contribution in [0.15, 0.2) is 57.6 Å². The van der Waals surface area contributed by atoms with Gasteiger partial charge in [-0.2, -0.15) is 0 Å². The lowest BCUT2D eigenvalue weighted by Gasteiger charge is -2.09. The Morgan fingerprint density at radius 3 is 2.16 bits per heavy atom. The highest BCUT2D eigenvalue weighted by Crippen LogP contribution is 2.24. The maximum absolute atomic E-state index is 12.1. The number of anilines is 3. The van der Waals surface area contributed by atoms with Gasteiger partial charge in [-0.05, 0) is 35.9 Å². The number of hydrogen-bond donors (Lipinski definition) is 4. The van der Waals surface area contributed by atoms with Crippen molar-refractivity contribution in [3.63, 3.8) is 0 Å². The van der Waals surface area contributed by atoms with Crippen molar-refractivity contribution in [3.05, 3.63) is 57.6 Å². The van der Waals surface area contributed by atoms with Crippen molar-refractivity contribution in [2.75, 3.05) is 16.4 Å². The van der Waals surface area contributed by atoms with E-state index in [0.717, 1.165) is 20.2 Å². The zero-order valence-corrected chi connectivity index (χ0v) is 16.7. The number of rotatable bonds is 3. The largest absolute Gasteiger partial charge is 0.369 e. The second-order valence-electron chi connectivity index (χ2n) is 5.00. The molecule has 0 atom stereocenters. The fraction of sp³-hybridized carbons (Fsp3) is 0. The van der Waals surface area contributed by atoms with E-state index in [4.69, 9.17) is 5.73 Å². The number of amides is 2. The number of carbonyl (C=O) groups excluding carboxylic acids is 1. The highest BCUT2D eigenvalue weighted by molar-refractivity contribution is 9.11. The molecule has 130 valence electrons. The maximum Gasteiger partial charge on any atom is 0.323 e. The molecule has 0 aliphatic carbocycles. The van der Waals surface area contributed by atoms with Gasteiger partial charge in [0.25, 0.3) is 0 Å². The van der Waals surface area contributed by atoms with Crippen LogP contribution in [0.3, 0.4) is 0 Å². The Balaban J connectivity index is 0.00000225. The number of H-pyrrole nitrogens is 1. The molecule has 25 heavy (non-hydrogen) atoms. The van der Waals surface area contributed by atoms with E-state index < -0.39 is 0 Å². The van der Waals surface area contributed by atoms with Crippen molar-refractivity contribution < 1.29 is 4.79 Å². The molecule has 0 fully saturated rings. The second-order valence-corrected chi connectivity index (χ2v) is 6.83. The number of aromatic nitrogens is 2. The monoisotopic (exact) mass is 485 g/mol. The van der Waals surface area contributed by atoms with Gasteiger partial charge in [0.05, 0.1) is 11.9 Å². The average molecular weight is 488 g/mol. The van der Waals surface area contributed by atoms with Crippen LogP contribution >= 0.6 is 44.3 Å². The van der Waals surface area contributed by atoms with Crippen LogP contribution in [0.5, 0.6) is 0 Å². The summed E-state index contributed by atoms with van der Waals surface area (Å²) in [6.45, 7) is 0. The fourth-order valence-electron chi connectivity index (χ4n) is 2.14. The number of nitrogen functional groups attached to an aromatic ring is 1. The highest BCUT2D eigenvalue weighted by atomic mass is 79.9. The number of urea groups is 1. The Morgan fingerprint density at radius 2 is 1.60 bits per heavy atom. The van der Waals surface area contributed by atoms with Crippen molar-refractivity contribution in [2.24, 2.45) is 0 Å². The summed E-state index contributed by atoms with van der Waals surface area (Å²) in [5, 5.41) is 5.56. The first-order chi connectivity index (χ1) is 11.5. The number of aromatic amines is 1. The van der Waals surface area contributed by atoms with E-state index in [1.54, 1.807) is 6.20 Å². The lowest BCUT2D eigenvalue weighted by molar-refractivity contribution is 0.262. The van der Waals surface area contributed by atoms with Gasteiger partial charge in [-0.25, -0.2) is 9.78 Å². The molecule has 0 bridgehead atoms. The first-order valence-corrected chi connectivity index (χ1v) is 8.53. The molecular formula is C16H14Br2ClN5O. The van der Waals surface area contributed by atoms with Gasteiger partial charge in [0.15, 0.2) is 5.95 Å². The van der Waals surface area contributed by atoms with Crippen LogP contribution in [0, 0.1) is 0 Å². The molecule has 1 aromatic heterocycles. The lowest BCUT2D eigenvalue weighted by Crippen LogP contribution is -2.19. The molecular weight excluding hydrogens is 473 g/mol. The third-order valence-corrected chi connectivity index (χ3v) is 4.09. The third-order valence-electron chi connectivity index (χ3n) is 3.17. The van der Waals surface area contributed by atoms with Crippen molar-refractivity contribution in [1.29, 1.82) is 0 Å². The molecule has 3 rings (SSSR count). The van der Waals surface area contributed by atoms with Gasteiger partial charge in [-0.15, -0.1) is 12.4 Å². The predicted octanol–water partition coefficient (Wildman–Crippen LogP) is 5.25. The van der Waals surface area contributed by atoms with E-state index in [2.05, 4.69) is 52.5 Å². The Bertz CT molecular complexity index is 862. The molecule has 0 saturated heterocycles. The van der Waals surface area contributed by atoms with Gasteiger partial charge in [0.2, 0.25) is 0 Å². The molecule has 6 nitrogen and oxygen atoms in total. The van der Waals surface area contributed by atoms with Gasteiger partial charge in [-0.3, -0.25) is 0 Å². The Labute approximate surface area is 167 Å². The molecule has 9 heteroatoms. The van der Waals surface area contributed by atoms with Gasteiger partial charge in [0, 0.05) is 20.3 Å². The number of halogens is 3. The predicted molar refractivity (Wildman–Crippen MR) is 110 cm³/mol. The molecule has 5 N–H and O–H groups in total. The first-order valence-electron chi connectivity index (χ1n) is 6.94. The van der Waals surface area contributed by atoms with Crippen LogP contribution in [-0.4, -0.2) is 16.0 Å². The molecule has 2 aromatic carbocycles. The summed E-state index contributed by atoms with van der Waals surface area (Å²) in [4.78, 5) is 19.0. The van der Waals surface area contributed by atoms with Gasteiger partial charge in [-0.1, -0.05) is 44.0 Å². The Hall–Kier alpha value is -2.03. The quantitative estimate of drug-likeness (QED) is 0.406. The molecule has 0 spiro atoms. The number of nitrogens with two attached hydrogens (primary N) is 1. The summed E-state index contributed by atoms with van der Waals surface area (Å²) in [5.41, 5.74) is 8.68. The van der Waals surface area contributed by atoms with Crippen LogP contribution in [0.25, 0.3) is 11.3 Å². The molecule has 0 aliphatic rings. The molecule has 0 saturated carbocycles. The van der Waals surface area contributed by atoms with Gasteiger partial charge >= 0.3 is 6.03 Å². The number of carbonyl (C=O) groups is 1. The second kappa shape index (κ2) is 8.37. The molecule has 1 heterocycles.